The van der Waals surface area contributed by atoms with Gasteiger partial charge in [-0.1, -0.05) is 29.8 Å². The second-order valence-corrected chi connectivity index (χ2v) is 8.24. The standard InChI is InChI=1S/C24H26ClN5O3/c1-17-14-23(32)30(16-22(31)27-18-8-9-21(33-2)20(25)15-18)24(26-17)29-12-10-28(11-13-29)19-6-4-3-5-7-19/h3-9,14-15H,10-13,16H2,1-2H3,(H,27,31). The number of carbonyl (C=O) groups excluding carboxylic acids is 1. The second-order valence-electron chi connectivity index (χ2n) is 7.83. The molecule has 0 bridgehead atoms. The van der Waals surface area contributed by atoms with Crippen LogP contribution in [0.15, 0.2) is 59.4 Å². The smallest absolute Gasteiger partial charge is 0.255 e. The van der Waals surface area contributed by atoms with Gasteiger partial charge in [0.25, 0.3) is 5.56 Å². The average Bonchev–Trinajstić information content (AvgIpc) is 2.81. The minimum absolute atomic E-state index is 0.149. The summed E-state index contributed by atoms with van der Waals surface area (Å²) in [7, 11) is 1.53. The molecule has 0 saturated carbocycles. The molecule has 172 valence electrons. The van der Waals surface area contributed by atoms with E-state index < -0.39 is 0 Å². The molecular weight excluding hydrogens is 442 g/mol. The fourth-order valence-corrected chi connectivity index (χ4v) is 4.15. The molecule has 1 aromatic heterocycles. The lowest BCUT2D eigenvalue weighted by Gasteiger charge is -2.37. The number of hydrogen-bond acceptors (Lipinski definition) is 6. The van der Waals surface area contributed by atoms with E-state index >= 15 is 0 Å². The van der Waals surface area contributed by atoms with Crippen LogP contribution in [-0.2, 0) is 11.3 Å². The second kappa shape index (κ2) is 9.95. The highest BCUT2D eigenvalue weighted by atomic mass is 35.5. The van der Waals surface area contributed by atoms with Gasteiger partial charge in [-0.2, -0.15) is 0 Å². The van der Waals surface area contributed by atoms with E-state index in [1.54, 1.807) is 25.1 Å². The topological polar surface area (TPSA) is 79.7 Å². The van der Waals surface area contributed by atoms with Gasteiger partial charge in [0.15, 0.2) is 0 Å². The number of hydrogen-bond donors (Lipinski definition) is 1. The maximum absolute atomic E-state index is 12.8. The number of anilines is 3. The Hall–Kier alpha value is -3.52. The van der Waals surface area contributed by atoms with Crippen molar-refractivity contribution < 1.29 is 9.53 Å². The Morgan fingerprint density at radius 3 is 2.42 bits per heavy atom. The summed E-state index contributed by atoms with van der Waals surface area (Å²) in [4.78, 5) is 34.5. The molecule has 3 aromatic rings. The van der Waals surface area contributed by atoms with Gasteiger partial charge in [-0.25, -0.2) is 4.98 Å². The Morgan fingerprint density at radius 2 is 1.76 bits per heavy atom. The highest BCUT2D eigenvalue weighted by Gasteiger charge is 2.22. The number of nitrogens with one attached hydrogen (secondary N) is 1. The van der Waals surface area contributed by atoms with Gasteiger partial charge in [0.2, 0.25) is 11.9 Å². The summed E-state index contributed by atoms with van der Waals surface area (Å²) in [6.45, 7) is 4.62. The lowest BCUT2D eigenvalue weighted by atomic mass is 10.2. The van der Waals surface area contributed by atoms with Gasteiger partial charge in [-0.05, 0) is 37.3 Å². The lowest BCUT2D eigenvalue weighted by molar-refractivity contribution is -0.116. The highest BCUT2D eigenvalue weighted by Crippen LogP contribution is 2.27. The van der Waals surface area contributed by atoms with Crippen LogP contribution in [0.5, 0.6) is 5.75 Å². The molecule has 1 fully saturated rings. The Kier molecular flexibility index (Phi) is 6.84. The molecule has 0 aliphatic carbocycles. The summed E-state index contributed by atoms with van der Waals surface area (Å²) in [5.74, 6) is 0.689. The predicted octanol–water partition coefficient (Wildman–Crippen LogP) is 3.18. The zero-order valence-electron chi connectivity index (χ0n) is 18.6. The first kappa shape index (κ1) is 22.7. The maximum atomic E-state index is 12.8. The van der Waals surface area contributed by atoms with Crippen LogP contribution in [0.25, 0.3) is 0 Å². The third kappa shape index (κ3) is 5.28. The van der Waals surface area contributed by atoms with E-state index in [0.29, 0.717) is 41.2 Å². The number of methoxy groups -OCH3 is 1. The number of benzene rings is 2. The summed E-state index contributed by atoms with van der Waals surface area (Å²) in [5.41, 5.74) is 2.06. The SMILES string of the molecule is COc1ccc(NC(=O)Cn2c(N3CCN(c4ccccc4)CC3)nc(C)cc2=O)cc1Cl. The Balaban J connectivity index is 1.49. The van der Waals surface area contributed by atoms with Crippen molar-refractivity contribution in [2.75, 3.05) is 48.4 Å². The number of aromatic nitrogens is 2. The summed E-state index contributed by atoms with van der Waals surface area (Å²) in [6.07, 6.45) is 0. The van der Waals surface area contributed by atoms with Crippen LogP contribution in [0.1, 0.15) is 5.69 Å². The van der Waals surface area contributed by atoms with Crippen molar-refractivity contribution in [3.8, 4) is 5.75 Å². The van der Waals surface area contributed by atoms with Crippen LogP contribution in [-0.4, -0.2) is 48.7 Å². The quantitative estimate of drug-likeness (QED) is 0.599. The molecule has 1 aliphatic rings. The zero-order valence-corrected chi connectivity index (χ0v) is 19.4. The van der Waals surface area contributed by atoms with Gasteiger partial charge < -0.3 is 19.9 Å². The molecule has 2 aromatic carbocycles. The number of para-hydroxylation sites is 1. The van der Waals surface area contributed by atoms with Crippen LogP contribution in [0.3, 0.4) is 0 Å². The number of ether oxygens (including phenoxy) is 1. The molecular formula is C24H26ClN5O3. The molecule has 1 N–H and O–H groups in total. The average molecular weight is 468 g/mol. The van der Waals surface area contributed by atoms with Gasteiger partial charge in [-0.15, -0.1) is 0 Å². The highest BCUT2D eigenvalue weighted by molar-refractivity contribution is 6.32. The number of nitrogens with zero attached hydrogens (tertiary/aromatic N) is 4. The first-order valence-electron chi connectivity index (χ1n) is 10.7. The molecule has 1 amide bonds. The van der Waals surface area contributed by atoms with E-state index in [1.807, 2.05) is 18.2 Å². The molecule has 2 heterocycles. The molecule has 4 rings (SSSR count). The third-order valence-corrected chi connectivity index (χ3v) is 5.83. The van der Waals surface area contributed by atoms with Crippen LogP contribution in [0.4, 0.5) is 17.3 Å². The van der Waals surface area contributed by atoms with E-state index in [1.165, 1.54) is 23.4 Å². The monoisotopic (exact) mass is 467 g/mol. The number of halogens is 1. The van der Waals surface area contributed by atoms with E-state index in [9.17, 15) is 9.59 Å². The molecule has 33 heavy (non-hydrogen) atoms. The number of piperazine rings is 1. The van der Waals surface area contributed by atoms with Crippen LogP contribution < -0.4 is 25.4 Å². The van der Waals surface area contributed by atoms with Crippen molar-refractivity contribution >= 4 is 34.8 Å². The molecule has 8 nitrogen and oxygen atoms in total. The van der Waals surface area contributed by atoms with E-state index in [-0.39, 0.29) is 18.0 Å². The first-order valence-corrected chi connectivity index (χ1v) is 11.1. The molecule has 0 atom stereocenters. The van der Waals surface area contributed by atoms with Crippen LogP contribution in [0, 0.1) is 6.92 Å². The lowest BCUT2D eigenvalue weighted by Crippen LogP contribution is -2.48. The molecule has 0 spiro atoms. The summed E-state index contributed by atoms with van der Waals surface area (Å²) < 4.78 is 6.56. The van der Waals surface area contributed by atoms with Gasteiger partial charge in [-0.3, -0.25) is 14.2 Å². The number of carbonyl (C=O) groups is 1. The van der Waals surface area contributed by atoms with Gasteiger partial charge in [0.1, 0.15) is 12.3 Å². The maximum Gasteiger partial charge on any atom is 0.255 e. The van der Waals surface area contributed by atoms with Crippen molar-refractivity contribution in [2.24, 2.45) is 0 Å². The molecule has 0 unspecified atom stereocenters. The predicted molar refractivity (Wildman–Crippen MR) is 131 cm³/mol. The number of rotatable bonds is 6. The Labute approximate surface area is 197 Å². The Bertz CT molecular complexity index is 1190. The van der Waals surface area contributed by atoms with Crippen molar-refractivity contribution in [1.29, 1.82) is 0 Å². The van der Waals surface area contributed by atoms with Gasteiger partial charge >= 0.3 is 0 Å². The largest absolute Gasteiger partial charge is 0.495 e. The van der Waals surface area contributed by atoms with Crippen molar-refractivity contribution in [3.63, 3.8) is 0 Å². The van der Waals surface area contributed by atoms with Gasteiger partial charge in [0, 0.05) is 49.3 Å². The fraction of sp³-hybridized carbons (Fsp3) is 0.292. The van der Waals surface area contributed by atoms with Gasteiger partial charge in [0.05, 0.1) is 12.1 Å². The molecule has 9 heteroatoms. The van der Waals surface area contributed by atoms with Crippen LogP contribution >= 0.6 is 11.6 Å². The summed E-state index contributed by atoms with van der Waals surface area (Å²) in [5, 5.41) is 3.18. The van der Waals surface area contributed by atoms with Crippen molar-refractivity contribution in [3.05, 3.63) is 75.7 Å². The summed E-state index contributed by atoms with van der Waals surface area (Å²) >= 11 is 6.15. The van der Waals surface area contributed by atoms with E-state index in [4.69, 9.17) is 16.3 Å². The Morgan fingerprint density at radius 1 is 1.06 bits per heavy atom. The van der Waals surface area contributed by atoms with Crippen LogP contribution in [0.2, 0.25) is 5.02 Å². The molecule has 1 aliphatic heterocycles. The number of aryl methyl sites for hydroxylation is 1. The normalized spacial score (nSPS) is 13.7. The van der Waals surface area contributed by atoms with E-state index in [0.717, 1.165) is 13.1 Å². The molecule has 0 radical (unpaired) electrons. The molecule has 1 saturated heterocycles. The minimum atomic E-state index is -0.340. The fourth-order valence-electron chi connectivity index (χ4n) is 3.89. The third-order valence-electron chi connectivity index (χ3n) is 5.54. The van der Waals surface area contributed by atoms with E-state index in [2.05, 4.69) is 32.2 Å². The van der Waals surface area contributed by atoms with Crippen molar-refractivity contribution in [2.45, 2.75) is 13.5 Å². The minimum Gasteiger partial charge on any atom is -0.495 e. The number of amides is 1. The first-order chi connectivity index (χ1) is 15.9. The zero-order chi connectivity index (χ0) is 23.4. The van der Waals surface area contributed by atoms with Crippen molar-refractivity contribution in [1.82, 2.24) is 9.55 Å². The summed E-state index contributed by atoms with van der Waals surface area (Å²) in [6, 6.07) is 16.7.